The van der Waals surface area contributed by atoms with Crippen molar-refractivity contribution >= 4 is 23.2 Å². The summed E-state index contributed by atoms with van der Waals surface area (Å²) in [5.74, 6) is 0.611. The molecule has 4 heteroatoms. The Hall–Kier alpha value is -0.280. The van der Waals surface area contributed by atoms with Gasteiger partial charge in [-0.05, 0) is 36.5 Å². The van der Waals surface area contributed by atoms with Gasteiger partial charge in [-0.1, -0.05) is 49.0 Å². The smallest absolute Gasteiger partial charge is 0.0774 e. The zero-order chi connectivity index (χ0) is 13.9. The lowest BCUT2D eigenvalue weighted by atomic mass is 9.79. The van der Waals surface area contributed by atoms with Gasteiger partial charge in [0.1, 0.15) is 0 Å². The summed E-state index contributed by atoms with van der Waals surface area (Å²) in [5.41, 5.74) is 0.454. The summed E-state index contributed by atoms with van der Waals surface area (Å²) in [5, 5.41) is 15.1. The van der Waals surface area contributed by atoms with E-state index in [-0.39, 0.29) is 0 Å². The molecule has 0 aromatic heterocycles. The van der Waals surface area contributed by atoms with Gasteiger partial charge in [0, 0.05) is 23.1 Å². The van der Waals surface area contributed by atoms with Gasteiger partial charge in [-0.3, -0.25) is 0 Å². The lowest BCUT2D eigenvalue weighted by molar-refractivity contribution is -0.0119. The van der Waals surface area contributed by atoms with Gasteiger partial charge >= 0.3 is 0 Å². The first kappa shape index (κ1) is 15.1. The first-order valence-corrected chi connectivity index (χ1v) is 7.61. The lowest BCUT2D eigenvalue weighted by Gasteiger charge is -2.35. The van der Waals surface area contributed by atoms with E-state index < -0.39 is 5.60 Å². The average Bonchev–Trinajstić information content (AvgIpc) is 2.31. The first-order valence-electron chi connectivity index (χ1n) is 6.85. The van der Waals surface area contributed by atoms with E-state index in [1.807, 2.05) is 12.1 Å². The van der Waals surface area contributed by atoms with E-state index >= 15 is 0 Å². The van der Waals surface area contributed by atoms with Crippen LogP contribution in [0.2, 0.25) is 10.0 Å². The van der Waals surface area contributed by atoms with Crippen molar-refractivity contribution in [3.8, 4) is 0 Å². The molecule has 0 bridgehead atoms. The highest BCUT2D eigenvalue weighted by Crippen LogP contribution is 2.31. The van der Waals surface area contributed by atoms with Crippen molar-refractivity contribution in [3.63, 3.8) is 0 Å². The van der Waals surface area contributed by atoms with E-state index in [0.717, 1.165) is 24.8 Å². The molecule has 2 nitrogen and oxygen atoms in total. The fourth-order valence-corrected chi connectivity index (χ4v) is 3.36. The Morgan fingerprint density at radius 3 is 2.89 bits per heavy atom. The molecule has 19 heavy (non-hydrogen) atoms. The van der Waals surface area contributed by atoms with Crippen LogP contribution in [0, 0.1) is 5.92 Å². The Kier molecular flexibility index (Phi) is 5.13. The molecule has 0 aliphatic heterocycles. The van der Waals surface area contributed by atoms with Crippen LogP contribution in [-0.4, -0.2) is 17.3 Å². The molecule has 0 heterocycles. The summed E-state index contributed by atoms with van der Waals surface area (Å²) in [6.45, 7) is 3.49. The van der Waals surface area contributed by atoms with Crippen molar-refractivity contribution in [2.45, 2.75) is 44.8 Å². The van der Waals surface area contributed by atoms with Gasteiger partial charge in [0.2, 0.25) is 0 Å². The van der Waals surface area contributed by atoms with Crippen LogP contribution < -0.4 is 5.32 Å². The van der Waals surface area contributed by atoms with Gasteiger partial charge in [0.25, 0.3) is 0 Å². The highest BCUT2D eigenvalue weighted by molar-refractivity contribution is 6.35. The van der Waals surface area contributed by atoms with Crippen molar-refractivity contribution in [2.75, 3.05) is 6.54 Å². The average molecular weight is 302 g/mol. The Morgan fingerprint density at radius 1 is 1.42 bits per heavy atom. The normalized spacial score (nSPS) is 27.5. The molecule has 0 radical (unpaired) electrons. The maximum atomic E-state index is 10.5. The van der Waals surface area contributed by atoms with E-state index in [1.54, 1.807) is 6.07 Å². The minimum Gasteiger partial charge on any atom is -0.389 e. The van der Waals surface area contributed by atoms with Gasteiger partial charge in [0.15, 0.2) is 0 Å². The third-order valence-corrected chi connectivity index (χ3v) is 4.44. The minimum absolute atomic E-state index is 0.559. The largest absolute Gasteiger partial charge is 0.389 e. The second-order valence-corrected chi connectivity index (χ2v) is 6.61. The van der Waals surface area contributed by atoms with Crippen LogP contribution in [0.3, 0.4) is 0 Å². The van der Waals surface area contributed by atoms with Crippen LogP contribution in [0.1, 0.15) is 38.2 Å². The molecule has 0 amide bonds. The highest BCUT2D eigenvalue weighted by Gasteiger charge is 2.31. The van der Waals surface area contributed by atoms with Crippen LogP contribution >= 0.6 is 23.2 Å². The fourth-order valence-electron chi connectivity index (χ4n) is 2.89. The van der Waals surface area contributed by atoms with E-state index in [2.05, 4.69) is 12.2 Å². The summed E-state index contributed by atoms with van der Waals surface area (Å²) in [6.07, 6.45) is 4.11. The second-order valence-electron chi connectivity index (χ2n) is 5.77. The lowest BCUT2D eigenvalue weighted by Crippen LogP contribution is -2.43. The van der Waals surface area contributed by atoms with Gasteiger partial charge in [-0.25, -0.2) is 0 Å². The Balaban J connectivity index is 1.85. The molecule has 0 saturated heterocycles. The second kappa shape index (κ2) is 6.45. The summed E-state index contributed by atoms with van der Waals surface area (Å²) < 4.78 is 0. The van der Waals surface area contributed by atoms with Gasteiger partial charge < -0.3 is 10.4 Å². The van der Waals surface area contributed by atoms with Crippen LogP contribution in [-0.2, 0) is 6.54 Å². The molecule has 1 aliphatic rings. The van der Waals surface area contributed by atoms with Crippen LogP contribution in [0.5, 0.6) is 0 Å². The predicted molar refractivity (Wildman–Crippen MR) is 80.8 cm³/mol. The van der Waals surface area contributed by atoms with Crippen molar-refractivity contribution in [2.24, 2.45) is 5.92 Å². The Labute approximate surface area is 125 Å². The van der Waals surface area contributed by atoms with E-state index in [1.165, 1.54) is 6.42 Å². The van der Waals surface area contributed by atoms with Crippen molar-refractivity contribution in [1.82, 2.24) is 5.32 Å². The number of hydrogen-bond acceptors (Lipinski definition) is 2. The quantitative estimate of drug-likeness (QED) is 0.880. The molecule has 1 aliphatic carbocycles. The first-order chi connectivity index (χ1) is 8.98. The zero-order valence-corrected chi connectivity index (χ0v) is 12.8. The number of nitrogens with one attached hydrogen (secondary N) is 1. The summed E-state index contributed by atoms with van der Waals surface area (Å²) in [6, 6.07) is 5.50. The molecule has 2 N–H and O–H groups in total. The molecule has 2 rings (SSSR count). The van der Waals surface area contributed by atoms with Crippen molar-refractivity contribution in [1.29, 1.82) is 0 Å². The molecule has 1 fully saturated rings. The number of aliphatic hydroxyl groups is 1. The van der Waals surface area contributed by atoms with Crippen molar-refractivity contribution in [3.05, 3.63) is 33.8 Å². The molecule has 106 valence electrons. The van der Waals surface area contributed by atoms with Crippen molar-refractivity contribution < 1.29 is 5.11 Å². The topological polar surface area (TPSA) is 32.3 Å². The van der Waals surface area contributed by atoms with E-state index in [4.69, 9.17) is 23.2 Å². The molecule has 2 atom stereocenters. The Bertz CT molecular complexity index is 438. The van der Waals surface area contributed by atoms with Crippen LogP contribution in [0.4, 0.5) is 0 Å². The monoisotopic (exact) mass is 301 g/mol. The molecule has 0 spiro atoms. The SMILES string of the molecule is CC1CCCC(O)(CNCc2ccc(Cl)cc2Cl)C1. The molecule has 1 aromatic carbocycles. The van der Waals surface area contributed by atoms with Gasteiger partial charge in [-0.15, -0.1) is 0 Å². The third-order valence-electron chi connectivity index (χ3n) is 3.85. The van der Waals surface area contributed by atoms with Crippen LogP contribution in [0.15, 0.2) is 18.2 Å². The number of benzene rings is 1. The number of rotatable bonds is 4. The van der Waals surface area contributed by atoms with Crippen LogP contribution in [0.25, 0.3) is 0 Å². The zero-order valence-electron chi connectivity index (χ0n) is 11.3. The molecule has 1 aromatic rings. The number of halogens is 2. The highest BCUT2D eigenvalue weighted by atomic mass is 35.5. The van der Waals surface area contributed by atoms with E-state index in [9.17, 15) is 5.11 Å². The molecule has 1 saturated carbocycles. The van der Waals surface area contributed by atoms with Gasteiger partial charge in [-0.2, -0.15) is 0 Å². The third kappa shape index (κ3) is 4.35. The summed E-state index contributed by atoms with van der Waals surface area (Å²) >= 11 is 12.0. The fraction of sp³-hybridized carbons (Fsp3) is 0.600. The maximum absolute atomic E-state index is 10.5. The molecule has 2 unspecified atom stereocenters. The Morgan fingerprint density at radius 2 is 2.21 bits per heavy atom. The molecular formula is C15H21Cl2NO. The summed E-state index contributed by atoms with van der Waals surface area (Å²) in [4.78, 5) is 0. The number of hydrogen-bond donors (Lipinski definition) is 2. The predicted octanol–water partition coefficient (Wildman–Crippen LogP) is 4.02. The van der Waals surface area contributed by atoms with Gasteiger partial charge in [0.05, 0.1) is 5.60 Å². The van der Waals surface area contributed by atoms with E-state index in [0.29, 0.717) is 29.1 Å². The maximum Gasteiger partial charge on any atom is 0.0774 e. The standard InChI is InChI=1S/C15H21Cl2NO/c1-11-3-2-6-15(19,8-11)10-18-9-12-4-5-13(16)7-14(12)17/h4-5,7,11,18-19H,2-3,6,8-10H2,1H3. The summed E-state index contributed by atoms with van der Waals surface area (Å²) in [7, 11) is 0. The minimum atomic E-state index is -0.559. The molecular weight excluding hydrogens is 281 g/mol.